The molecule has 0 atom stereocenters. The van der Waals surface area contributed by atoms with Gasteiger partial charge in [0.25, 0.3) is 0 Å². The van der Waals surface area contributed by atoms with Crippen molar-refractivity contribution < 1.29 is 29.3 Å². The molecule has 24 heavy (non-hydrogen) atoms. The molecule has 0 aromatic heterocycles. The summed E-state index contributed by atoms with van der Waals surface area (Å²) in [6.07, 6.45) is 0. The summed E-state index contributed by atoms with van der Waals surface area (Å²) in [6, 6.07) is 9.61. The average molecular weight is 332 g/mol. The van der Waals surface area contributed by atoms with Crippen LogP contribution in [0.1, 0.15) is 25.0 Å². The van der Waals surface area contributed by atoms with E-state index in [0.29, 0.717) is 22.6 Å². The molecule has 0 aliphatic rings. The normalized spacial score (nSPS) is 9.50. The molecule has 0 radical (unpaired) electrons. The highest BCUT2D eigenvalue weighted by molar-refractivity contribution is 5.72. The quantitative estimate of drug-likeness (QED) is 0.648. The molecule has 0 amide bonds. The first kappa shape index (κ1) is 19.0. The van der Waals surface area contributed by atoms with Gasteiger partial charge in [0.2, 0.25) is 0 Å². The first-order valence-electron chi connectivity index (χ1n) is 7.16. The fraction of sp³-hybridized carbons (Fsp3) is 0.222. The predicted molar refractivity (Wildman–Crippen MR) is 88.3 cm³/mol. The first-order chi connectivity index (χ1) is 11.2. The van der Waals surface area contributed by atoms with Crippen LogP contribution in [0.15, 0.2) is 36.4 Å². The zero-order valence-electron chi connectivity index (χ0n) is 14.0. The Balaban J connectivity index is 0.000000272. The fourth-order valence-electron chi connectivity index (χ4n) is 1.74. The van der Waals surface area contributed by atoms with Gasteiger partial charge in [0.15, 0.2) is 0 Å². The van der Waals surface area contributed by atoms with Gasteiger partial charge >= 0.3 is 11.9 Å². The van der Waals surface area contributed by atoms with Crippen molar-refractivity contribution in [2.24, 2.45) is 0 Å². The van der Waals surface area contributed by atoms with E-state index in [4.69, 9.17) is 19.7 Å². The number of phenolic OH excluding ortho intramolecular Hbond substituents is 2. The molecule has 0 aliphatic heterocycles. The summed E-state index contributed by atoms with van der Waals surface area (Å²) in [4.78, 5) is 21.5. The Morgan fingerprint density at radius 3 is 1.46 bits per heavy atom. The Kier molecular flexibility index (Phi) is 6.79. The molecule has 6 heteroatoms. The topological polar surface area (TPSA) is 93.1 Å². The smallest absolute Gasteiger partial charge is 0.308 e. The van der Waals surface area contributed by atoms with Crippen LogP contribution in [0.4, 0.5) is 0 Å². The molecule has 0 aliphatic carbocycles. The lowest BCUT2D eigenvalue weighted by atomic mass is 10.2. The van der Waals surface area contributed by atoms with Gasteiger partial charge in [0.1, 0.15) is 23.0 Å². The molecule has 0 heterocycles. The van der Waals surface area contributed by atoms with E-state index in [1.54, 1.807) is 38.1 Å². The summed E-state index contributed by atoms with van der Waals surface area (Å²) in [5.74, 6) is 0.267. The molecule has 0 saturated carbocycles. The van der Waals surface area contributed by atoms with E-state index in [-0.39, 0.29) is 11.5 Å². The van der Waals surface area contributed by atoms with Gasteiger partial charge in [-0.3, -0.25) is 9.59 Å². The van der Waals surface area contributed by atoms with Gasteiger partial charge in [0, 0.05) is 25.0 Å². The van der Waals surface area contributed by atoms with Crippen LogP contribution in [0, 0.1) is 13.8 Å². The maximum absolute atomic E-state index is 10.8. The van der Waals surface area contributed by atoms with E-state index in [9.17, 15) is 9.59 Å². The standard InChI is InChI=1S/C11H12O4.C7H8O2/c1-7-10(14-8(2)12)5-4-6-11(7)15-9(3)13;1-5-6(8)3-2-4-7(5)9/h4-6H,1-3H3;2-4,8-9H,1H3. The summed E-state index contributed by atoms with van der Waals surface area (Å²) < 4.78 is 9.87. The molecular formula is C18H20O6. The van der Waals surface area contributed by atoms with Gasteiger partial charge < -0.3 is 19.7 Å². The third-order valence-corrected chi connectivity index (χ3v) is 3.02. The van der Waals surface area contributed by atoms with Gasteiger partial charge in [-0.2, -0.15) is 0 Å². The van der Waals surface area contributed by atoms with Gasteiger partial charge in [-0.1, -0.05) is 12.1 Å². The minimum atomic E-state index is -0.405. The highest BCUT2D eigenvalue weighted by Gasteiger charge is 2.09. The molecule has 2 aromatic carbocycles. The molecule has 6 nitrogen and oxygen atoms in total. The van der Waals surface area contributed by atoms with Crippen molar-refractivity contribution in [2.75, 3.05) is 0 Å². The SMILES string of the molecule is CC(=O)Oc1cccc(OC(C)=O)c1C.Cc1c(O)cccc1O. The third-order valence-electron chi connectivity index (χ3n) is 3.02. The maximum Gasteiger partial charge on any atom is 0.308 e. The number of rotatable bonds is 2. The van der Waals surface area contributed by atoms with Crippen molar-refractivity contribution in [2.45, 2.75) is 27.7 Å². The van der Waals surface area contributed by atoms with Crippen LogP contribution in [0.5, 0.6) is 23.0 Å². The highest BCUT2D eigenvalue weighted by atomic mass is 16.5. The summed E-state index contributed by atoms with van der Waals surface area (Å²) in [6.45, 7) is 6.01. The second-order valence-corrected chi connectivity index (χ2v) is 4.99. The number of hydrogen-bond donors (Lipinski definition) is 2. The molecule has 2 aromatic rings. The van der Waals surface area contributed by atoms with E-state index in [2.05, 4.69) is 0 Å². The number of carbonyl (C=O) groups is 2. The van der Waals surface area contributed by atoms with Gasteiger partial charge in [-0.05, 0) is 38.1 Å². The molecule has 0 saturated heterocycles. The van der Waals surface area contributed by atoms with E-state index in [1.165, 1.54) is 26.0 Å². The summed E-state index contributed by atoms with van der Waals surface area (Å²) in [7, 11) is 0. The molecular weight excluding hydrogens is 312 g/mol. The molecule has 2 rings (SSSR count). The zero-order valence-corrected chi connectivity index (χ0v) is 14.0. The van der Waals surface area contributed by atoms with Crippen molar-refractivity contribution in [3.63, 3.8) is 0 Å². The Bertz CT molecular complexity index is 682. The molecule has 0 spiro atoms. The largest absolute Gasteiger partial charge is 0.508 e. The van der Waals surface area contributed by atoms with Crippen LogP contribution >= 0.6 is 0 Å². The second-order valence-electron chi connectivity index (χ2n) is 4.99. The maximum atomic E-state index is 10.8. The molecule has 2 N–H and O–H groups in total. The Hall–Kier alpha value is -3.02. The summed E-state index contributed by atoms with van der Waals surface area (Å²) in [5, 5.41) is 17.9. The van der Waals surface area contributed by atoms with Gasteiger partial charge in [-0.25, -0.2) is 0 Å². The van der Waals surface area contributed by atoms with Gasteiger partial charge in [-0.15, -0.1) is 0 Å². The Morgan fingerprint density at radius 1 is 0.750 bits per heavy atom. The average Bonchev–Trinajstić information content (AvgIpc) is 2.49. The molecule has 0 unspecified atom stereocenters. The first-order valence-corrected chi connectivity index (χ1v) is 7.16. The summed E-state index contributed by atoms with van der Waals surface area (Å²) in [5.41, 5.74) is 1.15. The number of benzene rings is 2. The Morgan fingerprint density at radius 2 is 1.12 bits per heavy atom. The fourth-order valence-corrected chi connectivity index (χ4v) is 1.74. The van der Waals surface area contributed by atoms with Gasteiger partial charge in [0.05, 0.1) is 0 Å². The lowest BCUT2D eigenvalue weighted by molar-refractivity contribution is -0.132. The van der Waals surface area contributed by atoms with Crippen LogP contribution in [-0.4, -0.2) is 22.2 Å². The van der Waals surface area contributed by atoms with Crippen LogP contribution in [0.2, 0.25) is 0 Å². The number of ether oxygens (including phenoxy) is 2. The van der Waals surface area contributed by atoms with Crippen molar-refractivity contribution >= 4 is 11.9 Å². The van der Waals surface area contributed by atoms with Crippen LogP contribution in [-0.2, 0) is 9.59 Å². The van der Waals surface area contributed by atoms with Crippen LogP contribution in [0.3, 0.4) is 0 Å². The number of esters is 2. The molecule has 0 bridgehead atoms. The third kappa shape index (κ3) is 5.64. The van der Waals surface area contributed by atoms with E-state index >= 15 is 0 Å². The Labute approximate surface area is 140 Å². The van der Waals surface area contributed by atoms with E-state index in [0.717, 1.165) is 0 Å². The summed E-state index contributed by atoms with van der Waals surface area (Å²) >= 11 is 0. The minimum Gasteiger partial charge on any atom is -0.508 e. The second kappa shape index (κ2) is 8.57. The van der Waals surface area contributed by atoms with Crippen molar-refractivity contribution in [3.8, 4) is 23.0 Å². The zero-order chi connectivity index (χ0) is 18.3. The monoisotopic (exact) mass is 332 g/mol. The number of aromatic hydroxyl groups is 2. The van der Waals surface area contributed by atoms with Crippen molar-refractivity contribution in [3.05, 3.63) is 47.5 Å². The van der Waals surface area contributed by atoms with E-state index in [1.807, 2.05) is 0 Å². The minimum absolute atomic E-state index is 0.134. The van der Waals surface area contributed by atoms with Crippen molar-refractivity contribution in [1.82, 2.24) is 0 Å². The molecule has 128 valence electrons. The predicted octanol–water partition coefficient (Wildman–Crippen LogP) is 3.25. The number of hydrogen-bond acceptors (Lipinski definition) is 6. The van der Waals surface area contributed by atoms with Crippen molar-refractivity contribution in [1.29, 1.82) is 0 Å². The lowest BCUT2D eigenvalue weighted by Crippen LogP contribution is -2.06. The number of phenols is 2. The highest BCUT2D eigenvalue weighted by Crippen LogP contribution is 2.27. The van der Waals surface area contributed by atoms with Crippen LogP contribution in [0.25, 0.3) is 0 Å². The lowest BCUT2D eigenvalue weighted by Gasteiger charge is -2.09. The number of carbonyl (C=O) groups excluding carboxylic acids is 2. The molecule has 0 fully saturated rings. The van der Waals surface area contributed by atoms with E-state index < -0.39 is 11.9 Å². The van der Waals surface area contributed by atoms with Crippen LogP contribution < -0.4 is 9.47 Å².